The first-order valence-electron chi connectivity index (χ1n) is 6.30. The number of nitriles is 1. The monoisotopic (exact) mass is 255 g/mol. The lowest BCUT2D eigenvalue weighted by molar-refractivity contribution is -0.123. The highest BCUT2D eigenvalue weighted by Crippen LogP contribution is 2.20. The molecule has 1 atom stereocenters. The van der Waals surface area contributed by atoms with Crippen molar-refractivity contribution in [1.82, 2.24) is 10.6 Å². The van der Waals surface area contributed by atoms with E-state index in [0.29, 0.717) is 26.1 Å². The summed E-state index contributed by atoms with van der Waals surface area (Å²) in [6, 6.07) is 1.91. The Bertz CT molecular complexity index is 284. The van der Waals surface area contributed by atoms with Gasteiger partial charge in [-0.25, -0.2) is 0 Å². The Morgan fingerprint density at radius 3 is 2.72 bits per heavy atom. The van der Waals surface area contributed by atoms with Crippen LogP contribution in [0.5, 0.6) is 0 Å². The van der Waals surface area contributed by atoms with Gasteiger partial charge in [-0.2, -0.15) is 5.26 Å². The maximum Gasteiger partial charge on any atom is 0.236 e. The van der Waals surface area contributed by atoms with E-state index in [2.05, 4.69) is 30.6 Å². The van der Waals surface area contributed by atoms with E-state index in [0.717, 1.165) is 6.42 Å². The van der Waals surface area contributed by atoms with Gasteiger partial charge in [-0.05, 0) is 18.8 Å². The molecule has 0 heterocycles. The third-order valence-corrected chi connectivity index (χ3v) is 2.80. The largest absolute Gasteiger partial charge is 0.383 e. The van der Waals surface area contributed by atoms with Crippen molar-refractivity contribution in [3.63, 3.8) is 0 Å². The van der Waals surface area contributed by atoms with E-state index in [9.17, 15) is 4.79 Å². The van der Waals surface area contributed by atoms with Gasteiger partial charge < -0.3 is 15.4 Å². The third kappa shape index (κ3) is 8.04. The predicted molar refractivity (Wildman–Crippen MR) is 71.0 cm³/mol. The molecular weight excluding hydrogens is 230 g/mol. The molecule has 1 unspecified atom stereocenters. The lowest BCUT2D eigenvalue weighted by Gasteiger charge is -2.26. The second-order valence-corrected chi connectivity index (χ2v) is 5.21. The average Bonchev–Trinajstić information content (AvgIpc) is 2.34. The van der Waals surface area contributed by atoms with Crippen molar-refractivity contribution in [3.8, 4) is 6.07 Å². The summed E-state index contributed by atoms with van der Waals surface area (Å²) in [5, 5.41) is 14.5. The van der Waals surface area contributed by atoms with Crippen LogP contribution in [0.2, 0.25) is 0 Å². The van der Waals surface area contributed by atoms with Gasteiger partial charge in [-0.1, -0.05) is 13.8 Å². The second-order valence-electron chi connectivity index (χ2n) is 5.21. The van der Waals surface area contributed by atoms with Crippen LogP contribution < -0.4 is 10.6 Å². The fraction of sp³-hybridized carbons (Fsp3) is 0.846. The summed E-state index contributed by atoms with van der Waals surface area (Å²) in [5.41, 5.74) is 0.0246. The smallest absolute Gasteiger partial charge is 0.236 e. The minimum atomic E-state index is -0.233. The van der Waals surface area contributed by atoms with Crippen LogP contribution in [0.4, 0.5) is 0 Å². The van der Waals surface area contributed by atoms with Gasteiger partial charge in [-0.15, -0.1) is 0 Å². The second kappa shape index (κ2) is 8.90. The van der Waals surface area contributed by atoms with Crippen LogP contribution >= 0.6 is 0 Å². The van der Waals surface area contributed by atoms with E-state index >= 15 is 0 Å². The molecule has 0 aromatic carbocycles. The molecule has 0 aliphatic rings. The Hall–Kier alpha value is -1.12. The van der Waals surface area contributed by atoms with Gasteiger partial charge in [0.2, 0.25) is 5.91 Å². The van der Waals surface area contributed by atoms with Gasteiger partial charge in [-0.3, -0.25) is 4.79 Å². The Morgan fingerprint density at radius 2 is 2.17 bits per heavy atom. The molecule has 0 spiro atoms. The van der Waals surface area contributed by atoms with Gasteiger partial charge >= 0.3 is 0 Å². The predicted octanol–water partition coefficient (Wildman–Crippen LogP) is 1.06. The zero-order valence-electron chi connectivity index (χ0n) is 11.9. The van der Waals surface area contributed by atoms with E-state index in [1.165, 1.54) is 0 Å². The number of ether oxygens (including phenoxy) is 1. The van der Waals surface area contributed by atoms with Crippen molar-refractivity contribution in [2.75, 3.05) is 26.8 Å². The topological polar surface area (TPSA) is 74.2 Å². The SMILES string of the molecule is COCCNC(=O)C(C)NCC(C)(C)CCC#N. The van der Waals surface area contributed by atoms with Gasteiger partial charge in [0.25, 0.3) is 0 Å². The number of carbonyl (C=O) groups is 1. The Balaban J connectivity index is 3.90. The van der Waals surface area contributed by atoms with Crippen LogP contribution in [0.15, 0.2) is 0 Å². The summed E-state index contributed by atoms with van der Waals surface area (Å²) < 4.78 is 4.86. The molecule has 104 valence electrons. The summed E-state index contributed by atoms with van der Waals surface area (Å²) in [6.07, 6.45) is 1.37. The van der Waals surface area contributed by atoms with E-state index in [1.807, 2.05) is 6.92 Å². The number of hydrogen-bond donors (Lipinski definition) is 2. The lowest BCUT2D eigenvalue weighted by Crippen LogP contribution is -2.46. The summed E-state index contributed by atoms with van der Waals surface area (Å²) in [4.78, 5) is 11.7. The highest BCUT2D eigenvalue weighted by atomic mass is 16.5. The maximum absolute atomic E-state index is 11.7. The molecular formula is C13H25N3O2. The molecule has 0 saturated carbocycles. The minimum Gasteiger partial charge on any atom is -0.383 e. The average molecular weight is 255 g/mol. The van der Waals surface area contributed by atoms with Crippen LogP contribution in [0, 0.1) is 16.7 Å². The molecule has 1 amide bonds. The van der Waals surface area contributed by atoms with Crippen LogP contribution in [0.25, 0.3) is 0 Å². The number of nitrogens with zero attached hydrogens (tertiary/aromatic N) is 1. The van der Waals surface area contributed by atoms with Gasteiger partial charge in [0.15, 0.2) is 0 Å². The van der Waals surface area contributed by atoms with E-state index in [1.54, 1.807) is 7.11 Å². The van der Waals surface area contributed by atoms with E-state index in [-0.39, 0.29) is 17.4 Å². The summed E-state index contributed by atoms with van der Waals surface area (Å²) >= 11 is 0. The zero-order valence-corrected chi connectivity index (χ0v) is 11.9. The normalized spacial score (nSPS) is 12.8. The minimum absolute atomic E-state index is 0.0246. The molecule has 0 fully saturated rings. The number of amides is 1. The first-order chi connectivity index (χ1) is 8.43. The molecule has 0 aliphatic heterocycles. The summed E-state index contributed by atoms with van der Waals surface area (Å²) in [6.45, 7) is 7.78. The molecule has 2 N–H and O–H groups in total. The van der Waals surface area contributed by atoms with Crippen molar-refractivity contribution in [2.45, 2.75) is 39.7 Å². The van der Waals surface area contributed by atoms with Crippen molar-refractivity contribution in [2.24, 2.45) is 5.41 Å². The van der Waals surface area contributed by atoms with E-state index < -0.39 is 0 Å². The fourth-order valence-corrected chi connectivity index (χ4v) is 1.43. The highest BCUT2D eigenvalue weighted by molar-refractivity contribution is 5.81. The Morgan fingerprint density at radius 1 is 1.50 bits per heavy atom. The first kappa shape index (κ1) is 16.9. The van der Waals surface area contributed by atoms with Crippen molar-refractivity contribution in [1.29, 1.82) is 5.26 Å². The van der Waals surface area contributed by atoms with Crippen molar-refractivity contribution < 1.29 is 9.53 Å². The number of methoxy groups -OCH3 is 1. The van der Waals surface area contributed by atoms with Crippen LogP contribution in [-0.2, 0) is 9.53 Å². The molecule has 0 aliphatic carbocycles. The molecule has 0 aromatic rings. The molecule has 5 heteroatoms. The molecule has 0 saturated heterocycles. The summed E-state index contributed by atoms with van der Waals surface area (Å²) in [5.74, 6) is -0.0249. The Kier molecular flexibility index (Phi) is 8.34. The molecule has 0 radical (unpaired) electrons. The molecule has 5 nitrogen and oxygen atoms in total. The number of hydrogen-bond acceptors (Lipinski definition) is 4. The lowest BCUT2D eigenvalue weighted by atomic mass is 9.88. The first-order valence-corrected chi connectivity index (χ1v) is 6.30. The van der Waals surface area contributed by atoms with Crippen LogP contribution in [-0.4, -0.2) is 38.8 Å². The molecule has 0 rings (SSSR count). The number of rotatable bonds is 9. The van der Waals surface area contributed by atoms with Gasteiger partial charge in [0, 0.05) is 26.6 Å². The van der Waals surface area contributed by atoms with Gasteiger partial charge in [0.1, 0.15) is 0 Å². The fourth-order valence-electron chi connectivity index (χ4n) is 1.43. The zero-order chi connectivity index (χ0) is 14.0. The van der Waals surface area contributed by atoms with Crippen LogP contribution in [0.1, 0.15) is 33.6 Å². The van der Waals surface area contributed by atoms with E-state index in [4.69, 9.17) is 10.00 Å². The Labute approximate surface area is 110 Å². The standard InChI is InChI=1S/C13H25N3O2/c1-11(12(17)15-8-9-18-4)16-10-13(2,3)6-5-7-14/h11,16H,5-6,8-10H2,1-4H3,(H,15,17). The molecule has 0 aromatic heterocycles. The number of nitrogens with one attached hydrogen (secondary N) is 2. The molecule has 18 heavy (non-hydrogen) atoms. The quantitative estimate of drug-likeness (QED) is 0.604. The molecule has 0 bridgehead atoms. The summed E-state index contributed by atoms with van der Waals surface area (Å²) in [7, 11) is 1.60. The number of carbonyl (C=O) groups excluding carboxylic acids is 1. The van der Waals surface area contributed by atoms with Crippen molar-refractivity contribution in [3.05, 3.63) is 0 Å². The van der Waals surface area contributed by atoms with Crippen molar-refractivity contribution >= 4 is 5.91 Å². The maximum atomic E-state index is 11.7. The highest BCUT2D eigenvalue weighted by Gasteiger charge is 2.20. The van der Waals surface area contributed by atoms with Crippen LogP contribution in [0.3, 0.4) is 0 Å². The third-order valence-electron chi connectivity index (χ3n) is 2.80. The van der Waals surface area contributed by atoms with Gasteiger partial charge in [0.05, 0.1) is 18.7 Å².